The van der Waals surface area contributed by atoms with Crippen molar-refractivity contribution in [3.8, 4) is 0 Å². The molecule has 0 saturated heterocycles. The molecule has 1 rings (SSSR count). The number of ether oxygens (including phenoxy) is 3. The van der Waals surface area contributed by atoms with E-state index in [1.165, 1.54) is 19.3 Å². The van der Waals surface area contributed by atoms with Gasteiger partial charge in [-0.2, -0.15) is 0 Å². The molecule has 0 unspecified atom stereocenters. The number of carbonyl (C=O) groups is 1. The molecule has 0 radical (unpaired) electrons. The number of rotatable bonds is 10. The van der Waals surface area contributed by atoms with Crippen molar-refractivity contribution in [1.82, 2.24) is 0 Å². The maximum absolute atomic E-state index is 11.9. The lowest BCUT2D eigenvalue weighted by Gasteiger charge is -2.35. The first-order chi connectivity index (χ1) is 9.72. The summed E-state index contributed by atoms with van der Waals surface area (Å²) in [6, 6.07) is 0. The molecule has 0 aliphatic heterocycles. The summed E-state index contributed by atoms with van der Waals surface area (Å²) in [5, 5.41) is 0. The second-order valence-electron chi connectivity index (χ2n) is 5.62. The van der Waals surface area contributed by atoms with Crippen molar-refractivity contribution in [2.75, 3.05) is 40.1 Å². The van der Waals surface area contributed by atoms with Crippen molar-refractivity contribution in [2.45, 2.75) is 44.9 Å². The van der Waals surface area contributed by atoms with E-state index in [0.29, 0.717) is 39.4 Å². The number of nitrogens with two attached hydrogens (primary N) is 1. The molecular formula is C15H29NO4. The quantitative estimate of drug-likeness (QED) is 0.491. The lowest BCUT2D eigenvalue weighted by Crippen LogP contribution is -2.35. The molecule has 0 atom stereocenters. The Hall–Kier alpha value is -0.650. The molecule has 1 saturated carbocycles. The fourth-order valence-electron chi connectivity index (χ4n) is 2.73. The molecule has 2 N–H and O–H groups in total. The van der Waals surface area contributed by atoms with Gasteiger partial charge in [-0.25, -0.2) is 0 Å². The summed E-state index contributed by atoms with van der Waals surface area (Å²) in [6.07, 6.45) is 7.01. The first kappa shape index (κ1) is 17.4. The summed E-state index contributed by atoms with van der Waals surface area (Å²) >= 11 is 0. The maximum atomic E-state index is 11.9. The summed E-state index contributed by atoms with van der Waals surface area (Å²) in [5.74, 6) is -0.141. The molecular weight excluding hydrogens is 258 g/mol. The van der Waals surface area contributed by atoms with Crippen molar-refractivity contribution in [2.24, 2.45) is 11.1 Å². The minimum atomic E-state index is -0.141. The van der Waals surface area contributed by atoms with Crippen molar-refractivity contribution >= 4 is 5.97 Å². The fourth-order valence-corrected chi connectivity index (χ4v) is 2.73. The smallest absolute Gasteiger partial charge is 0.306 e. The van der Waals surface area contributed by atoms with Crippen LogP contribution in [0, 0.1) is 5.41 Å². The average Bonchev–Trinajstić information content (AvgIpc) is 2.47. The van der Waals surface area contributed by atoms with E-state index < -0.39 is 0 Å². The van der Waals surface area contributed by atoms with E-state index in [1.807, 2.05) is 0 Å². The van der Waals surface area contributed by atoms with Gasteiger partial charge in [-0.05, 0) is 31.2 Å². The SMILES string of the molecule is COCCCOCCOC(=O)CC1(CN)CCCCC1. The molecule has 118 valence electrons. The summed E-state index contributed by atoms with van der Waals surface area (Å²) in [5.41, 5.74) is 5.85. The van der Waals surface area contributed by atoms with Crippen LogP contribution in [0.5, 0.6) is 0 Å². The Morgan fingerprint density at radius 1 is 1.10 bits per heavy atom. The number of hydrogen-bond donors (Lipinski definition) is 1. The lowest BCUT2D eigenvalue weighted by atomic mass is 9.72. The molecule has 5 heteroatoms. The van der Waals surface area contributed by atoms with Crippen LogP contribution >= 0.6 is 0 Å². The molecule has 0 spiro atoms. The second kappa shape index (κ2) is 10.1. The van der Waals surface area contributed by atoms with E-state index in [4.69, 9.17) is 19.9 Å². The fraction of sp³-hybridized carbons (Fsp3) is 0.933. The van der Waals surface area contributed by atoms with E-state index in [1.54, 1.807) is 7.11 Å². The highest BCUT2D eigenvalue weighted by Crippen LogP contribution is 2.38. The Kier molecular flexibility index (Phi) is 8.82. The number of carbonyl (C=O) groups excluding carboxylic acids is 1. The molecule has 5 nitrogen and oxygen atoms in total. The molecule has 1 aliphatic rings. The van der Waals surface area contributed by atoms with Crippen LogP contribution in [0.2, 0.25) is 0 Å². The Balaban J connectivity index is 2.10. The summed E-state index contributed by atoms with van der Waals surface area (Å²) < 4.78 is 15.5. The first-order valence-corrected chi connectivity index (χ1v) is 7.65. The van der Waals surface area contributed by atoms with E-state index in [2.05, 4.69) is 0 Å². The van der Waals surface area contributed by atoms with Crippen LogP contribution in [-0.2, 0) is 19.0 Å². The highest BCUT2D eigenvalue weighted by molar-refractivity contribution is 5.70. The van der Waals surface area contributed by atoms with E-state index in [9.17, 15) is 4.79 Å². The summed E-state index contributed by atoms with van der Waals surface area (Å²) in [4.78, 5) is 11.9. The van der Waals surface area contributed by atoms with Gasteiger partial charge in [0.25, 0.3) is 0 Å². The molecule has 0 aromatic rings. The van der Waals surface area contributed by atoms with Crippen LogP contribution in [0.15, 0.2) is 0 Å². The zero-order valence-corrected chi connectivity index (χ0v) is 12.7. The first-order valence-electron chi connectivity index (χ1n) is 7.65. The monoisotopic (exact) mass is 287 g/mol. The Morgan fingerprint density at radius 3 is 2.50 bits per heavy atom. The van der Waals surface area contributed by atoms with Crippen LogP contribution in [0.25, 0.3) is 0 Å². The van der Waals surface area contributed by atoms with Crippen molar-refractivity contribution < 1.29 is 19.0 Å². The van der Waals surface area contributed by atoms with Gasteiger partial charge in [-0.1, -0.05) is 19.3 Å². The van der Waals surface area contributed by atoms with E-state index in [-0.39, 0.29) is 11.4 Å². The van der Waals surface area contributed by atoms with Gasteiger partial charge in [0.1, 0.15) is 6.61 Å². The topological polar surface area (TPSA) is 70.8 Å². The van der Waals surface area contributed by atoms with Gasteiger partial charge in [-0.3, -0.25) is 4.79 Å². The largest absolute Gasteiger partial charge is 0.463 e. The van der Waals surface area contributed by atoms with Crippen LogP contribution in [0.3, 0.4) is 0 Å². The lowest BCUT2D eigenvalue weighted by molar-refractivity contribution is -0.148. The Morgan fingerprint density at radius 2 is 1.85 bits per heavy atom. The zero-order chi connectivity index (χ0) is 14.7. The third kappa shape index (κ3) is 6.68. The highest BCUT2D eigenvalue weighted by atomic mass is 16.6. The highest BCUT2D eigenvalue weighted by Gasteiger charge is 2.33. The molecule has 1 aliphatic carbocycles. The second-order valence-corrected chi connectivity index (χ2v) is 5.62. The maximum Gasteiger partial charge on any atom is 0.306 e. The zero-order valence-electron chi connectivity index (χ0n) is 12.7. The van der Waals surface area contributed by atoms with E-state index in [0.717, 1.165) is 19.3 Å². The van der Waals surface area contributed by atoms with Gasteiger partial charge in [0.2, 0.25) is 0 Å². The number of esters is 1. The standard InChI is InChI=1S/C15H29NO4/c1-18-8-5-9-19-10-11-20-14(17)12-15(13-16)6-3-2-4-7-15/h2-13,16H2,1H3. The molecule has 0 heterocycles. The molecule has 20 heavy (non-hydrogen) atoms. The van der Waals surface area contributed by atoms with Gasteiger partial charge in [0, 0.05) is 20.3 Å². The molecule has 0 aromatic heterocycles. The number of hydrogen-bond acceptors (Lipinski definition) is 5. The Labute approximate surface area is 122 Å². The molecule has 0 amide bonds. The Bertz CT molecular complexity index is 265. The van der Waals surface area contributed by atoms with Crippen LogP contribution in [0.4, 0.5) is 0 Å². The van der Waals surface area contributed by atoms with Gasteiger partial charge in [0.05, 0.1) is 13.0 Å². The minimum absolute atomic E-state index is 0.0192. The van der Waals surface area contributed by atoms with Crippen molar-refractivity contribution in [3.63, 3.8) is 0 Å². The third-order valence-electron chi connectivity index (χ3n) is 3.99. The molecule has 1 fully saturated rings. The number of methoxy groups -OCH3 is 1. The third-order valence-corrected chi connectivity index (χ3v) is 3.99. The van der Waals surface area contributed by atoms with Gasteiger partial charge in [0.15, 0.2) is 0 Å². The van der Waals surface area contributed by atoms with Crippen molar-refractivity contribution in [3.05, 3.63) is 0 Å². The van der Waals surface area contributed by atoms with E-state index >= 15 is 0 Å². The van der Waals surface area contributed by atoms with Gasteiger partial charge < -0.3 is 19.9 Å². The summed E-state index contributed by atoms with van der Waals surface area (Å²) in [6.45, 7) is 2.68. The summed E-state index contributed by atoms with van der Waals surface area (Å²) in [7, 11) is 1.67. The molecule has 0 aromatic carbocycles. The predicted molar refractivity (Wildman–Crippen MR) is 77.5 cm³/mol. The predicted octanol–water partition coefficient (Wildman–Crippen LogP) is 1.88. The minimum Gasteiger partial charge on any atom is -0.463 e. The normalized spacial score (nSPS) is 17.9. The van der Waals surface area contributed by atoms with Crippen LogP contribution < -0.4 is 5.73 Å². The average molecular weight is 287 g/mol. The van der Waals surface area contributed by atoms with Crippen molar-refractivity contribution in [1.29, 1.82) is 0 Å². The van der Waals surface area contributed by atoms with Crippen LogP contribution in [0.1, 0.15) is 44.9 Å². The molecule has 0 bridgehead atoms. The van der Waals surface area contributed by atoms with Gasteiger partial charge >= 0.3 is 5.97 Å². The van der Waals surface area contributed by atoms with Crippen LogP contribution in [-0.4, -0.2) is 46.1 Å². The van der Waals surface area contributed by atoms with Gasteiger partial charge in [-0.15, -0.1) is 0 Å².